The number of carbonyl (C=O) groups excluding carboxylic acids is 1. The van der Waals surface area contributed by atoms with E-state index in [-0.39, 0.29) is 18.6 Å². The summed E-state index contributed by atoms with van der Waals surface area (Å²) in [6, 6.07) is -0.715. The number of amides is 1. The molecule has 10 heavy (non-hydrogen) atoms. The van der Waals surface area contributed by atoms with Crippen LogP contribution in [0.3, 0.4) is 0 Å². The van der Waals surface area contributed by atoms with Crippen molar-refractivity contribution in [2.75, 3.05) is 6.61 Å². The summed E-state index contributed by atoms with van der Waals surface area (Å²) in [4.78, 5) is 10.8. The van der Waals surface area contributed by atoms with Crippen molar-refractivity contribution in [3.05, 3.63) is 0 Å². The largest absolute Gasteiger partial charge is 0.394 e. The molecule has 0 aromatic rings. The first-order valence-corrected chi connectivity index (χ1v) is 3.24. The van der Waals surface area contributed by atoms with Gasteiger partial charge in [0, 0.05) is 6.04 Å². The fraction of sp³-hybridized carbons (Fsp3) is 0.833. The smallest absolute Gasteiger partial charge is 0.236 e. The highest BCUT2D eigenvalue weighted by atomic mass is 16.3. The number of hydrogen-bond acceptors (Lipinski definition) is 3. The first kappa shape index (κ1) is 9.39. The molecule has 0 spiro atoms. The zero-order valence-corrected chi connectivity index (χ0v) is 6.29. The molecule has 0 aliphatic rings. The van der Waals surface area contributed by atoms with E-state index in [0.717, 1.165) is 0 Å². The zero-order valence-electron chi connectivity index (χ0n) is 6.29. The minimum absolute atomic E-state index is 0.0571. The molecular weight excluding hydrogens is 132 g/mol. The fourth-order valence-electron chi connectivity index (χ4n) is 0.420. The monoisotopic (exact) mass is 146 g/mol. The van der Waals surface area contributed by atoms with E-state index in [9.17, 15) is 4.79 Å². The molecule has 0 aliphatic carbocycles. The van der Waals surface area contributed by atoms with Crippen LogP contribution in [0.2, 0.25) is 0 Å². The van der Waals surface area contributed by atoms with Gasteiger partial charge in [0.05, 0.1) is 12.6 Å². The Bertz CT molecular complexity index is 114. The van der Waals surface area contributed by atoms with Gasteiger partial charge in [-0.2, -0.15) is 0 Å². The van der Waals surface area contributed by atoms with Crippen LogP contribution in [0.1, 0.15) is 13.8 Å². The number of aliphatic hydroxyl groups excluding tert-OH is 1. The molecule has 60 valence electrons. The van der Waals surface area contributed by atoms with Gasteiger partial charge in [0.15, 0.2) is 0 Å². The standard InChI is InChI=1S/C6H14N2O2/c1-4(3-9)8-6(10)5(2)7/h4-5,9H,3,7H2,1-2H3,(H,8,10). The van der Waals surface area contributed by atoms with E-state index in [1.54, 1.807) is 13.8 Å². The molecule has 0 bridgehead atoms. The summed E-state index contributed by atoms with van der Waals surface area (Å²) < 4.78 is 0. The molecule has 0 heterocycles. The molecule has 2 unspecified atom stereocenters. The van der Waals surface area contributed by atoms with Crippen molar-refractivity contribution in [2.24, 2.45) is 5.73 Å². The normalized spacial score (nSPS) is 16.0. The van der Waals surface area contributed by atoms with Gasteiger partial charge in [-0.15, -0.1) is 0 Å². The van der Waals surface area contributed by atoms with Crippen LogP contribution >= 0.6 is 0 Å². The van der Waals surface area contributed by atoms with Gasteiger partial charge < -0.3 is 16.2 Å². The molecule has 0 saturated carbocycles. The van der Waals surface area contributed by atoms with Crippen LogP contribution in [0.5, 0.6) is 0 Å². The first-order valence-electron chi connectivity index (χ1n) is 3.24. The lowest BCUT2D eigenvalue weighted by Crippen LogP contribution is -2.43. The summed E-state index contributed by atoms with van der Waals surface area (Å²) in [5.74, 6) is -0.235. The van der Waals surface area contributed by atoms with Crippen LogP contribution in [-0.4, -0.2) is 29.7 Å². The minimum Gasteiger partial charge on any atom is -0.394 e. The second-order valence-corrected chi connectivity index (χ2v) is 2.38. The van der Waals surface area contributed by atoms with E-state index in [4.69, 9.17) is 10.8 Å². The van der Waals surface area contributed by atoms with Crippen LogP contribution in [0, 0.1) is 0 Å². The average molecular weight is 146 g/mol. The molecule has 0 radical (unpaired) electrons. The van der Waals surface area contributed by atoms with Gasteiger partial charge in [0.1, 0.15) is 0 Å². The highest BCUT2D eigenvalue weighted by Gasteiger charge is 2.09. The number of hydrogen-bond donors (Lipinski definition) is 3. The van der Waals surface area contributed by atoms with Crippen molar-refractivity contribution < 1.29 is 9.90 Å². The second kappa shape index (κ2) is 4.24. The average Bonchev–Trinajstić information content (AvgIpc) is 1.87. The summed E-state index contributed by atoms with van der Waals surface area (Å²) in [5, 5.41) is 11.0. The molecule has 0 aromatic heterocycles. The lowest BCUT2D eigenvalue weighted by Gasteiger charge is -2.12. The molecule has 4 N–H and O–H groups in total. The molecule has 0 aromatic carbocycles. The summed E-state index contributed by atoms with van der Waals surface area (Å²) in [5.41, 5.74) is 5.25. The summed E-state index contributed by atoms with van der Waals surface area (Å²) in [7, 11) is 0. The number of nitrogens with two attached hydrogens (primary N) is 1. The van der Waals surface area contributed by atoms with Crippen molar-refractivity contribution in [3.63, 3.8) is 0 Å². The van der Waals surface area contributed by atoms with Gasteiger partial charge in [-0.25, -0.2) is 0 Å². The third-order valence-electron chi connectivity index (χ3n) is 1.08. The van der Waals surface area contributed by atoms with E-state index in [0.29, 0.717) is 0 Å². The molecule has 0 aliphatic heterocycles. The number of carbonyl (C=O) groups is 1. The van der Waals surface area contributed by atoms with E-state index >= 15 is 0 Å². The molecule has 0 fully saturated rings. The van der Waals surface area contributed by atoms with Crippen molar-refractivity contribution in [3.8, 4) is 0 Å². The molecule has 4 heteroatoms. The topological polar surface area (TPSA) is 75.3 Å². The highest BCUT2D eigenvalue weighted by Crippen LogP contribution is 1.80. The number of rotatable bonds is 3. The Balaban J connectivity index is 3.57. The van der Waals surface area contributed by atoms with Gasteiger partial charge in [-0.1, -0.05) is 0 Å². The quantitative estimate of drug-likeness (QED) is 0.469. The molecule has 0 saturated heterocycles. The van der Waals surface area contributed by atoms with Gasteiger partial charge in [0.2, 0.25) is 5.91 Å². The maximum atomic E-state index is 10.8. The predicted octanol–water partition coefficient (Wildman–Crippen LogP) is -1.17. The van der Waals surface area contributed by atoms with Crippen molar-refractivity contribution >= 4 is 5.91 Å². The van der Waals surface area contributed by atoms with Gasteiger partial charge >= 0.3 is 0 Å². The van der Waals surface area contributed by atoms with Gasteiger partial charge in [-0.05, 0) is 13.8 Å². The van der Waals surface area contributed by atoms with Gasteiger partial charge in [-0.3, -0.25) is 4.79 Å². The molecule has 2 atom stereocenters. The highest BCUT2D eigenvalue weighted by molar-refractivity contribution is 5.81. The SMILES string of the molecule is CC(CO)NC(=O)C(C)N. The molecule has 4 nitrogen and oxygen atoms in total. The van der Waals surface area contributed by atoms with E-state index in [1.807, 2.05) is 0 Å². The van der Waals surface area contributed by atoms with E-state index in [1.165, 1.54) is 0 Å². The van der Waals surface area contributed by atoms with Crippen LogP contribution in [0.25, 0.3) is 0 Å². The summed E-state index contributed by atoms with van der Waals surface area (Å²) in [6.07, 6.45) is 0. The Kier molecular flexibility index (Phi) is 3.99. The molecular formula is C6H14N2O2. The molecule has 1 amide bonds. The first-order chi connectivity index (χ1) is 4.57. The van der Waals surface area contributed by atoms with Crippen LogP contribution in [0.15, 0.2) is 0 Å². The van der Waals surface area contributed by atoms with Crippen LogP contribution in [0.4, 0.5) is 0 Å². The van der Waals surface area contributed by atoms with Crippen molar-refractivity contribution in [1.82, 2.24) is 5.32 Å². The Morgan fingerprint density at radius 3 is 2.50 bits per heavy atom. The second-order valence-electron chi connectivity index (χ2n) is 2.38. The molecule has 0 rings (SSSR count). The lowest BCUT2D eigenvalue weighted by molar-refractivity contribution is -0.122. The van der Waals surface area contributed by atoms with Crippen LogP contribution in [-0.2, 0) is 4.79 Å². The maximum Gasteiger partial charge on any atom is 0.236 e. The Hall–Kier alpha value is -0.610. The Morgan fingerprint density at radius 1 is 1.70 bits per heavy atom. The van der Waals surface area contributed by atoms with E-state index < -0.39 is 6.04 Å². The van der Waals surface area contributed by atoms with E-state index in [2.05, 4.69) is 5.32 Å². The van der Waals surface area contributed by atoms with Crippen molar-refractivity contribution in [2.45, 2.75) is 25.9 Å². The summed E-state index contributed by atoms with van der Waals surface area (Å²) >= 11 is 0. The fourth-order valence-corrected chi connectivity index (χ4v) is 0.420. The third kappa shape index (κ3) is 3.42. The van der Waals surface area contributed by atoms with Crippen LogP contribution < -0.4 is 11.1 Å². The van der Waals surface area contributed by atoms with Crippen molar-refractivity contribution in [1.29, 1.82) is 0 Å². The minimum atomic E-state index is -0.506. The number of aliphatic hydroxyl groups is 1. The maximum absolute atomic E-state index is 10.8. The number of nitrogens with one attached hydrogen (secondary N) is 1. The third-order valence-corrected chi connectivity index (χ3v) is 1.08. The Morgan fingerprint density at radius 2 is 2.20 bits per heavy atom. The zero-order chi connectivity index (χ0) is 8.15. The lowest BCUT2D eigenvalue weighted by atomic mass is 10.3. The predicted molar refractivity (Wildman–Crippen MR) is 38.3 cm³/mol. The van der Waals surface area contributed by atoms with Gasteiger partial charge in [0.25, 0.3) is 0 Å². The Labute approximate surface area is 60.4 Å². The summed E-state index contributed by atoms with van der Waals surface area (Å²) in [6.45, 7) is 3.25.